The van der Waals surface area contributed by atoms with Crippen LogP contribution in [0.2, 0.25) is 0 Å². The van der Waals surface area contributed by atoms with Crippen LogP contribution in [0.5, 0.6) is 0 Å². The van der Waals surface area contributed by atoms with Crippen LogP contribution in [0.4, 0.5) is 5.13 Å². The molecular weight excluding hydrogens is 244 g/mol. The number of piperazine rings is 1. The highest BCUT2D eigenvalue weighted by Crippen LogP contribution is 2.43. The maximum absolute atomic E-state index is 9.18. The third-order valence-corrected chi connectivity index (χ3v) is 4.83. The minimum absolute atomic E-state index is 0.571. The SMILES string of the molecule is CCN1CCN(c2nc(C3CC3)c(C#N)s2)CC1. The molecule has 96 valence electrons. The van der Waals surface area contributed by atoms with E-state index in [1.165, 1.54) is 12.8 Å². The molecule has 0 spiro atoms. The van der Waals surface area contributed by atoms with E-state index < -0.39 is 0 Å². The van der Waals surface area contributed by atoms with Gasteiger partial charge in [-0.3, -0.25) is 0 Å². The molecule has 4 nitrogen and oxygen atoms in total. The molecule has 1 aliphatic heterocycles. The topological polar surface area (TPSA) is 43.2 Å². The van der Waals surface area contributed by atoms with Crippen molar-refractivity contribution in [2.24, 2.45) is 0 Å². The zero-order chi connectivity index (χ0) is 12.5. The largest absolute Gasteiger partial charge is 0.345 e. The Hall–Kier alpha value is -1.12. The molecule has 0 atom stereocenters. The van der Waals surface area contributed by atoms with Crippen molar-refractivity contribution in [2.45, 2.75) is 25.7 Å². The Bertz CT molecular complexity index is 464. The second-order valence-electron chi connectivity index (χ2n) is 5.02. The number of nitrogens with zero attached hydrogens (tertiary/aromatic N) is 4. The molecule has 1 aromatic rings. The van der Waals surface area contributed by atoms with Gasteiger partial charge in [0.2, 0.25) is 0 Å². The van der Waals surface area contributed by atoms with Crippen molar-refractivity contribution in [3.8, 4) is 6.07 Å². The first-order valence-corrected chi connectivity index (χ1v) is 7.51. The molecule has 2 fully saturated rings. The normalized spacial score (nSPS) is 21.0. The van der Waals surface area contributed by atoms with E-state index in [1.807, 2.05) is 0 Å². The summed E-state index contributed by atoms with van der Waals surface area (Å²) < 4.78 is 0. The van der Waals surface area contributed by atoms with Crippen LogP contribution in [0.3, 0.4) is 0 Å². The van der Waals surface area contributed by atoms with Gasteiger partial charge in [0.05, 0.1) is 5.69 Å². The molecule has 2 aliphatic rings. The zero-order valence-electron chi connectivity index (χ0n) is 10.7. The van der Waals surface area contributed by atoms with E-state index in [9.17, 15) is 5.26 Å². The van der Waals surface area contributed by atoms with Gasteiger partial charge in [0.25, 0.3) is 0 Å². The Balaban J connectivity index is 1.75. The van der Waals surface area contributed by atoms with Crippen molar-refractivity contribution in [3.05, 3.63) is 10.6 Å². The number of rotatable bonds is 3. The lowest BCUT2D eigenvalue weighted by atomic mass is 10.3. The fraction of sp³-hybridized carbons (Fsp3) is 0.692. The predicted molar refractivity (Wildman–Crippen MR) is 73.1 cm³/mol. The number of aromatic nitrogens is 1. The molecular formula is C13H18N4S. The molecule has 3 rings (SSSR count). The van der Waals surface area contributed by atoms with Crippen molar-refractivity contribution in [1.82, 2.24) is 9.88 Å². The first kappa shape index (κ1) is 11.9. The number of nitriles is 1. The number of likely N-dealkylation sites (N-methyl/N-ethyl adjacent to an activating group) is 1. The molecule has 0 amide bonds. The Morgan fingerprint density at radius 3 is 2.61 bits per heavy atom. The molecule has 1 saturated heterocycles. The van der Waals surface area contributed by atoms with Crippen LogP contribution in [0, 0.1) is 11.3 Å². The first-order chi connectivity index (χ1) is 8.81. The van der Waals surface area contributed by atoms with Crippen LogP contribution in [-0.2, 0) is 0 Å². The van der Waals surface area contributed by atoms with Gasteiger partial charge in [0, 0.05) is 32.1 Å². The number of anilines is 1. The van der Waals surface area contributed by atoms with Gasteiger partial charge in [0.1, 0.15) is 10.9 Å². The smallest absolute Gasteiger partial charge is 0.186 e. The summed E-state index contributed by atoms with van der Waals surface area (Å²) in [5.74, 6) is 0.571. The summed E-state index contributed by atoms with van der Waals surface area (Å²) in [4.78, 5) is 10.4. The van der Waals surface area contributed by atoms with Crippen molar-refractivity contribution in [3.63, 3.8) is 0 Å². The third-order valence-electron chi connectivity index (χ3n) is 3.80. The predicted octanol–water partition coefficient (Wildman–Crippen LogP) is 2.03. The molecule has 1 saturated carbocycles. The standard InChI is InChI=1S/C13H18N4S/c1-2-16-5-7-17(8-6-16)13-15-12(10-3-4-10)11(9-14)18-13/h10H,2-8H2,1H3. The van der Waals surface area contributed by atoms with Gasteiger partial charge in [-0.05, 0) is 19.4 Å². The number of thiazole rings is 1. The average molecular weight is 262 g/mol. The van der Waals surface area contributed by atoms with Crippen LogP contribution < -0.4 is 4.90 Å². The highest BCUT2D eigenvalue weighted by Gasteiger charge is 2.31. The van der Waals surface area contributed by atoms with Gasteiger partial charge >= 0.3 is 0 Å². The van der Waals surface area contributed by atoms with Crippen molar-refractivity contribution >= 4 is 16.5 Å². The number of hydrogen-bond donors (Lipinski definition) is 0. The Kier molecular flexibility index (Phi) is 3.23. The first-order valence-electron chi connectivity index (χ1n) is 6.70. The molecule has 0 unspecified atom stereocenters. The lowest BCUT2D eigenvalue weighted by Gasteiger charge is -2.33. The van der Waals surface area contributed by atoms with E-state index in [0.717, 1.165) is 48.4 Å². The van der Waals surface area contributed by atoms with Crippen LogP contribution in [0.1, 0.15) is 36.3 Å². The third kappa shape index (κ3) is 2.23. The molecule has 1 aromatic heterocycles. The molecule has 2 heterocycles. The summed E-state index contributed by atoms with van der Waals surface area (Å²) in [5, 5.41) is 10.2. The second kappa shape index (κ2) is 4.87. The monoisotopic (exact) mass is 262 g/mol. The molecule has 5 heteroatoms. The van der Waals surface area contributed by atoms with Crippen LogP contribution in [-0.4, -0.2) is 42.6 Å². The van der Waals surface area contributed by atoms with Gasteiger partial charge in [-0.15, -0.1) is 0 Å². The van der Waals surface area contributed by atoms with Gasteiger partial charge in [-0.1, -0.05) is 18.3 Å². The van der Waals surface area contributed by atoms with E-state index in [1.54, 1.807) is 11.3 Å². The van der Waals surface area contributed by atoms with Crippen LogP contribution in [0.15, 0.2) is 0 Å². The summed E-state index contributed by atoms with van der Waals surface area (Å²) in [6, 6.07) is 2.32. The summed E-state index contributed by atoms with van der Waals surface area (Å²) in [7, 11) is 0. The molecule has 18 heavy (non-hydrogen) atoms. The number of hydrogen-bond acceptors (Lipinski definition) is 5. The lowest BCUT2D eigenvalue weighted by Crippen LogP contribution is -2.46. The second-order valence-corrected chi connectivity index (χ2v) is 6.00. The summed E-state index contributed by atoms with van der Waals surface area (Å²) in [6.45, 7) is 7.63. The highest BCUT2D eigenvalue weighted by molar-refractivity contribution is 7.16. The summed E-state index contributed by atoms with van der Waals surface area (Å²) >= 11 is 1.58. The summed E-state index contributed by atoms with van der Waals surface area (Å²) in [6.07, 6.45) is 2.42. The fourth-order valence-electron chi connectivity index (χ4n) is 2.42. The Labute approximate surface area is 112 Å². The van der Waals surface area contributed by atoms with E-state index in [4.69, 9.17) is 4.98 Å². The van der Waals surface area contributed by atoms with E-state index in [0.29, 0.717) is 5.92 Å². The molecule has 1 aliphatic carbocycles. The van der Waals surface area contributed by atoms with E-state index >= 15 is 0 Å². The quantitative estimate of drug-likeness (QED) is 0.836. The van der Waals surface area contributed by atoms with Crippen molar-refractivity contribution < 1.29 is 0 Å². The van der Waals surface area contributed by atoms with E-state index in [-0.39, 0.29) is 0 Å². The van der Waals surface area contributed by atoms with E-state index in [2.05, 4.69) is 22.8 Å². The fourth-order valence-corrected chi connectivity index (χ4v) is 3.43. The molecule has 0 N–H and O–H groups in total. The van der Waals surface area contributed by atoms with Crippen molar-refractivity contribution in [2.75, 3.05) is 37.6 Å². The highest BCUT2D eigenvalue weighted by atomic mass is 32.1. The van der Waals surface area contributed by atoms with Crippen molar-refractivity contribution in [1.29, 1.82) is 5.26 Å². The van der Waals surface area contributed by atoms with Gasteiger partial charge in [-0.25, -0.2) is 4.98 Å². The zero-order valence-corrected chi connectivity index (χ0v) is 11.5. The van der Waals surface area contributed by atoms with Gasteiger partial charge in [-0.2, -0.15) is 5.26 Å². The average Bonchev–Trinajstić information content (AvgIpc) is 3.18. The summed E-state index contributed by atoms with van der Waals surface area (Å²) in [5.41, 5.74) is 1.07. The lowest BCUT2D eigenvalue weighted by molar-refractivity contribution is 0.271. The van der Waals surface area contributed by atoms with Gasteiger partial charge < -0.3 is 9.80 Å². The minimum Gasteiger partial charge on any atom is -0.345 e. The van der Waals surface area contributed by atoms with Crippen LogP contribution >= 0.6 is 11.3 Å². The maximum atomic E-state index is 9.18. The van der Waals surface area contributed by atoms with Crippen LogP contribution in [0.25, 0.3) is 0 Å². The molecule has 0 aromatic carbocycles. The maximum Gasteiger partial charge on any atom is 0.186 e. The molecule has 0 bridgehead atoms. The Morgan fingerprint density at radius 1 is 1.33 bits per heavy atom. The Morgan fingerprint density at radius 2 is 2.06 bits per heavy atom. The minimum atomic E-state index is 0.571. The molecule has 0 radical (unpaired) electrons. The van der Waals surface area contributed by atoms with Gasteiger partial charge in [0.15, 0.2) is 5.13 Å².